The first kappa shape index (κ1) is 17.1. The number of benzene rings is 1. The van der Waals surface area contributed by atoms with Gasteiger partial charge in [-0.2, -0.15) is 0 Å². The van der Waals surface area contributed by atoms with E-state index >= 15 is 0 Å². The van der Waals surface area contributed by atoms with Crippen molar-refractivity contribution in [2.24, 2.45) is 0 Å². The monoisotopic (exact) mass is 301 g/mol. The average molecular weight is 301 g/mol. The highest BCUT2D eigenvalue weighted by molar-refractivity contribution is 7.91. The molecule has 0 aliphatic heterocycles. The van der Waals surface area contributed by atoms with Crippen molar-refractivity contribution in [3.63, 3.8) is 0 Å². The third-order valence-corrected chi connectivity index (χ3v) is 4.71. The van der Waals surface area contributed by atoms with Gasteiger partial charge in [0.2, 0.25) is 0 Å². The van der Waals surface area contributed by atoms with Crippen molar-refractivity contribution in [1.82, 2.24) is 4.90 Å². The number of sulfone groups is 1. The molecule has 0 unspecified atom stereocenters. The maximum Gasteiger partial charge on any atom is 0.179 e. The van der Waals surface area contributed by atoms with Gasteiger partial charge >= 0.3 is 0 Å². The Kier molecular flexibility index (Phi) is 7.76. The van der Waals surface area contributed by atoms with Crippen molar-refractivity contribution in [3.8, 4) is 0 Å². The summed E-state index contributed by atoms with van der Waals surface area (Å²) < 4.78 is 34.5. The van der Waals surface area contributed by atoms with Crippen LogP contribution in [0.25, 0.3) is 0 Å². The topological polar surface area (TPSA) is 55.8 Å². The minimum Gasteiger partial charge on any atom is -0.383 e. The zero-order valence-electron chi connectivity index (χ0n) is 12.1. The van der Waals surface area contributed by atoms with E-state index in [0.717, 1.165) is 0 Å². The van der Waals surface area contributed by atoms with Crippen LogP contribution in [0.15, 0.2) is 35.2 Å². The summed E-state index contributed by atoms with van der Waals surface area (Å²) in [6.07, 6.45) is 0. The Hall–Kier alpha value is -0.950. The average Bonchev–Trinajstić information content (AvgIpc) is 2.47. The molecule has 0 radical (unpaired) electrons. The van der Waals surface area contributed by atoms with Gasteiger partial charge < -0.3 is 9.47 Å². The SMILES string of the molecule is COCCN(CCOC)CCS(=O)(=O)c1ccccc1. The maximum absolute atomic E-state index is 12.2. The zero-order chi connectivity index (χ0) is 14.8. The number of rotatable bonds is 10. The van der Waals surface area contributed by atoms with Gasteiger partial charge in [0.15, 0.2) is 9.84 Å². The molecule has 6 heteroatoms. The fraction of sp³-hybridized carbons (Fsp3) is 0.571. The number of hydrogen-bond donors (Lipinski definition) is 0. The van der Waals surface area contributed by atoms with E-state index in [9.17, 15) is 8.42 Å². The molecule has 0 atom stereocenters. The summed E-state index contributed by atoms with van der Waals surface area (Å²) in [5, 5.41) is 0. The van der Waals surface area contributed by atoms with Crippen LogP contribution in [-0.2, 0) is 19.3 Å². The van der Waals surface area contributed by atoms with Gasteiger partial charge in [0, 0.05) is 33.9 Å². The van der Waals surface area contributed by atoms with E-state index in [1.54, 1.807) is 38.5 Å². The molecule has 0 saturated heterocycles. The summed E-state index contributed by atoms with van der Waals surface area (Å²) in [5.41, 5.74) is 0. The molecular weight excluding hydrogens is 278 g/mol. The van der Waals surface area contributed by atoms with Crippen molar-refractivity contribution >= 4 is 9.84 Å². The van der Waals surface area contributed by atoms with Crippen molar-refractivity contribution in [3.05, 3.63) is 30.3 Å². The predicted molar refractivity (Wildman–Crippen MR) is 78.7 cm³/mol. The Morgan fingerprint density at radius 1 is 0.950 bits per heavy atom. The molecule has 0 aromatic heterocycles. The summed E-state index contributed by atoms with van der Waals surface area (Å²) in [6.45, 7) is 3.03. The smallest absolute Gasteiger partial charge is 0.179 e. The molecule has 114 valence electrons. The maximum atomic E-state index is 12.2. The van der Waals surface area contributed by atoms with Crippen LogP contribution in [0.2, 0.25) is 0 Å². The molecule has 0 N–H and O–H groups in total. The van der Waals surface area contributed by atoms with Crippen LogP contribution in [0, 0.1) is 0 Å². The largest absolute Gasteiger partial charge is 0.383 e. The molecule has 1 aromatic rings. The molecule has 20 heavy (non-hydrogen) atoms. The van der Waals surface area contributed by atoms with E-state index in [-0.39, 0.29) is 5.75 Å². The Bertz CT molecular complexity index is 453. The molecule has 0 aliphatic carbocycles. The summed E-state index contributed by atoms with van der Waals surface area (Å²) in [7, 11) is 0.0396. The van der Waals surface area contributed by atoms with Crippen LogP contribution in [0.5, 0.6) is 0 Å². The number of nitrogens with zero attached hydrogens (tertiary/aromatic N) is 1. The molecule has 0 bridgehead atoms. The normalized spacial score (nSPS) is 11.9. The van der Waals surface area contributed by atoms with Crippen molar-refractivity contribution in [2.45, 2.75) is 4.90 Å². The van der Waals surface area contributed by atoms with E-state index < -0.39 is 9.84 Å². The molecular formula is C14H23NO4S. The van der Waals surface area contributed by atoms with E-state index in [2.05, 4.69) is 0 Å². The van der Waals surface area contributed by atoms with Crippen molar-refractivity contribution in [1.29, 1.82) is 0 Å². The van der Waals surface area contributed by atoms with Gasteiger partial charge in [0.25, 0.3) is 0 Å². The van der Waals surface area contributed by atoms with Crippen LogP contribution in [0.1, 0.15) is 0 Å². The van der Waals surface area contributed by atoms with Crippen LogP contribution in [0.3, 0.4) is 0 Å². The first-order valence-corrected chi connectivity index (χ1v) is 8.23. The minimum atomic E-state index is -3.23. The first-order chi connectivity index (χ1) is 9.60. The predicted octanol–water partition coefficient (Wildman–Crippen LogP) is 1.06. The van der Waals surface area contributed by atoms with Gasteiger partial charge in [-0.1, -0.05) is 18.2 Å². The van der Waals surface area contributed by atoms with Gasteiger partial charge in [-0.15, -0.1) is 0 Å². The highest BCUT2D eigenvalue weighted by atomic mass is 32.2. The third-order valence-electron chi connectivity index (χ3n) is 3.00. The van der Waals surface area contributed by atoms with E-state index in [0.29, 0.717) is 37.7 Å². The highest BCUT2D eigenvalue weighted by Gasteiger charge is 2.16. The number of ether oxygens (including phenoxy) is 2. The van der Waals surface area contributed by atoms with E-state index in [4.69, 9.17) is 9.47 Å². The lowest BCUT2D eigenvalue weighted by Crippen LogP contribution is -2.34. The fourth-order valence-electron chi connectivity index (χ4n) is 1.77. The van der Waals surface area contributed by atoms with Gasteiger partial charge in [-0.25, -0.2) is 8.42 Å². The third kappa shape index (κ3) is 6.00. The molecule has 1 rings (SSSR count). The molecule has 0 aliphatic rings. The number of hydrogen-bond acceptors (Lipinski definition) is 5. The quantitative estimate of drug-likeness (QED) is 0.647. The lowest BCUT2D eigenvalue weighted by Gasteiger charge is -2.21. The lowest BCUT2D eigenvalue weighted by molar-refractivity contribution is 0.118. The summed E-state index contributed by atoms with van der Waals surface area (Å²) in [6, 6.07) is 8.54. The molecule has 5 nitrogen and oxygen atoms in total. The molecule has 0 amide bonds. The summed E-state index contributed by atoms with van der Waals surface area (Å²) in [5.74, 6) is 0.102. The molecule has 0 spiro atoms. The summed E-state index contributed by atoms with van der Waals surface area (Å²) in [4.78, 5) is 2.41. The highest BCUT2D eigenvalue weighted by Crippen LogP contribution is 2.10. The van der Waals surface area contributed by atoms with Gasteiger partial charge in [-0.3, -0.25) is 4.90 Å². The second-order valence-electron chi connectivity index (χ2n) is 4.46. The molecule has 0 saturated carbocycles. The second-order valence-corrected chi connectivity index (χ2v) is 6.57. The van der Waals surface area contributed by atoms with Crippen molar-refractivity contribution in [2.75, 3.05) is 52.8 Å². The summed E-state index contributed by atoms with van der Waals surface area (Å²) >= 11 is 0. The van der Waals surface area contributed by atoms with E-state index in [1.165, 1.54) is 0 Å². The zero-order valence-corrected chi connectivity index (χ0v) is 12.9. The Labute approximate surface area is 121 Å². The molecule has 1 aromatic carbocycles. The minimum absolute atomic E-state index is 0.102. The van der Waals surface area contributed by atoms with Crippen LogP contribution in [-0.4, -0.2) is 66.1 Å². The van der Waals surface area contributed by atoms with Crippen LogP contribution >= 0.6 is 0 Å². The molecule has 0 fully saturated rings. The fourth-order valence-corrected chi connectivity index (χ4v) is 3.08. The Morgan fingerprint density at radius 2 is 1.50 bits per heavy atom. The Morgan fingerprint density at radius 3 is 2.00 bits per heavy atom. The molecule has 0 heterocycles. The van der Waals surface area contributed by atoms with Gasteiger partial charge in [0.1, 0.15) is 0 Å². The number of methoxy groups -OCH3 is 2. The standard InChI is InChI=1S/C14H23NO4S/c1-18-11-8-15(9-12-19-2)10-13-20(16,17)14-6-4-3-5-7-14/h3-7H,8-13H2,1-2H3. The second kappa shape index (κ2) is 9.07. The van der Waals surface area contributed by atoms with Crippen LogP contribution < -0.4 is 0 Å². The van der Waals surface area contributed by atoms with Gasteiger partial charge in [0.05, 0.1) is 23.9 Å². The lowest BCUT2D eigenvalue weighted by atomic mass is 10.4. The first-order valence-electron chi connectivity index (χ1n) is 6.58. The Balaban J connectivity index is 2.56. The van der Waals surface area contributed by atoms with E-state index in [1.807, 2.05) is 11.0 Å². The van der Waals surface area contributed by atoms with Crippen LogP contribution in [0.4, 0.5) is 0 Å². The van der Waals surface area contributed by atoms with Crippen molar-refractivity contribution < 1.29 is 17.9 Å². The van der Waals surface area contributed by atoms with Gasteiger partial charge in [-0.05, 0) is 12.1 Å².